The van der Waals surface area contributed by atoms with Crippen molar-refractivity contribution in [1.82, 2.24) is 15.5 Å². The van der Waals surface area contributed by atoms with E-state index < -0.39 is 0 Å². The van der Waals surface area contributed by atoms with Crippen LogP contribution in [0, 0.1) is 0 Å². The summed E-state index contributed by atoms with van der Waals surface area (Å²) in [6, 6.07) is 8.93. The maximum absolute atomic E-state index is 11.5. The molecule has 0 bridgehead atoms. The first-order chi connectivity index (χ1) is 8.25. The molecular formula is C11H13N5O. The normalized spacial score (nSPS) is 9.88. The highest BCUT2D eigenvalue weighted by Gasteiger charge is 2.04. The molecule has 2 rings (SSSR count). The molecule has 0 aliphatic rings. The van der Waals surface area contributed by atoms with Crippen LogP contribution in [0.25, 0.3) is 0 Å². The molecule has 0 spiro atoms. The van der Waals surface area contributed by atoms with Gasteiger partial charge in [-0.05, 0) is 12.1 Å². The maximum Gasteiger partial charge on any atom is 0.319 e. The molecule has 0 aliphatic heterocycles. The zero-order valence-corrected chi connectivity index (χ0v) is 9.10. The van der Waals surface area contributed by atoms with E-state index >= 15 is 0 Å². The van der Waals surface area contributed by atoms with Crippen LogP contribution in [0.15, 0.2) is 36.5 Å². The fourth-order valence-corrected chi connectivity index (χ4v) is 1.33. The monoisotopic (exact) mass is 231 g/mol. The first kappa shape index (κ1) is 11.0. The van der Waals surface area contributed by atoms with Gasteiger partial charge in [0.25, 0.3) is 0 Å². The minimum atomic E-state index is -0.281. The summed E-state index contributed by atoms with van der Waals surface area (Å²) in [5, 5.41) is 11.7. The number of rotatable bonds is 3. The summed E-state index contributed by atoms with van der Waals surface area (Å²) in [6.45, 7) is 0.334. The summed E-state index contributed by atoms with van der Waals surface area (Å²) in [6.07, 6.45) is 1.58. The molecule has 6 heteroatoms. The van der Waals surface area contributed by atoms with Crippen molar-refractivity contribution in [2.24, 2.45) is 0 Å². The molecule has 0 unspecified atom stereocenters. The fraction of sp³-hybridized carbons (Fsp3) is 0.0909. The van der Waals surface area contributed by atoms with E-state index in [0.717, 1.165) is 11.3 Å². The van der Waals surface area contributed by atoms with E-state index in [2.05, 4.69) is 20.8 Å². The number of nitrogen functional groups attached to an aromatic ring is 1. The maximum atomic E-state index is 11.5. The van der Waals surface area contributed by atoms with Crippen molar-refractivity contribution in [3.05, 3.63) is 42.1 Å². The molecule has 0 saturated carbocycles. The average molecular weight is 231 g/mol. The Kier molecular flexibility index (Phi) is 3.25. The Balaban J connectivity index is 1.84. The van der Waals surface area contributed by atoms with Gasteiger partial charge in [0.15, 0.2) is 0 Å². The highest BCUT2D eigenvalue weighted by molar-refractivity contribution is 5.89. The van der Waals surface area contributed by atoms with E-state index in [4.69, 9.17) is 5.73 Å². The highest BCUT2D eigenvalue weighted by Crippen LogP contribution is 2.06. The number of nitrogens with zero attached hydrogens (tertiary/aromatic N) is 1. The van der Waals surface area contributed by atoms with Crippen molar-refractivity contribution < 1.29 is 4.79 Å². The van der Waals surface area contributed by atoms with Gasteiger partial charge in [-0.3, -0.25) is 5.10 Å². The molecule has 1 aromatic heterocycles. The molecule has 1 aromatic carbocycles. The predicted octanol–water partition coefficient (Wildman–Crippen LogP) is 1.31. The number of hydrogen-bond acceptors (Lipinski definition) is 3. The lowest BCUT2D eigenvalue weighted by atomic mass is 10.3. The second kappa shape index (κ2) is 5.02. The van der Waals surface area contributed by atoms with Crippen molar-refractivity contribution in [1.29, 1.82) is 0 Å². The summed E-state index contributed by atoms with van der Waals surface area (Å²) < 4.78 is 0. The Morgan fingerprint density at radius 3 is 2.76 bits per heavy atom. The lowest BCUT2D eigenvalue weighted by molar-refractivity contribution is 0.252. The molecule has 2 amide bonds. The first-order valence-electron chi connectivity index (χ1n) is 5.13. The van der Waals surface area contributed by atoms with Gasteiger partial charge in [-0.25, -0.2) is 4.79 Å². The fourth-order valence-electron chi connectivity index (χ4n) is 1.33. The lowest BCUT2D eigenvalue weighted by Crippen LogP contribution is -2.28. The Labute approximate surface area is 98.2 Å². The molecule has 0 radical (unpaired) electrons. The third kappa shape index (κ3) is 2.97. The summed E-state index contributed by atoms with van der Waals surface area (Å²) >= 11 is 0. The predicted molar refractivity (Wildman–Crippen MR) is 65.3 cm³/mol. The molecule has 88 valence electrons. The SMILES string of the molecule is Nc1[nH]ncc1CNC(=O)Nc1ccccc1. The van der Waals surface area contributed by atoms with Gasteiger partial charge >= 0.3 is 6.03 Å². The van der Waals surface area contributed by atoms with Crippen LogP contribution in [0.5, 0.6) is 0 Å². The number of nitrogens with two attached hydrogens (primary N) is 1. The third-order valence-electron chi connectivity index (χ3n) is 2.22. The topological polar surface area (TPSA) is 95.8 Å². The lowest BCUT2D eigenvalue weighted by Gasteiger charge is -2.06. The number of para-hydroxylation sites is 1. The zero-order valence-electron chi connectivity index (χ0n) is 9.10. The second-order valence-corrected chi connectivity index (χ2v) is 3.48. The average Bonchev–Trinajstić information content (AvgIpc) is 2.74. The minimum Gasteiger partial charge on any atom is -0.384 e. The number of carbonyl (C=O) groups is 1. The Morgan fingerprint density at radius 1 is 1.35 bits per heavy atom. The van der Waals surface area contributed by atoms with Gasteiger partial charge in [0, 0.05) is 17.8 Å². The number of hydrogen-bond donors (Lipinski definition) is 4. The van der Waals surface area contributed by atoms with Crippen molar-refractivity contribution in [2.75, 3.05) is 11.1 Å². The summed E-state index contributed by atoms with van der Waals surface area (Å²) in [7, 11) is 0. The zero-order chi connectivity index (χ0) is 12.1. The van der Waals surface area contributed by atoms with E-state index in [0.29, 0.717) is 12.4 Å². The molecule has 0 aliphatic carbocycles. The number of benzene rings is 1. The smallest absolute Gasteiger partial charge is 0.319 e. The van der Waals surface area contributed by atoms with Crippen LogP contribution < -0.4 is 16.4 Å². The molecule has 0 fully saturated rings. The van der Waals surface area contributed by atoms with Crippen LogP contribution in [0.2, 0.25) is 0 Å². The number of anilines is 2. The van der Waals surface area contributed by atoms with Gasteiger partial charge in [-0.1, -0.05) is 18.2 Å². The van der Waals surface area contributed by atoms with Crippen LogP contribution in [-0.4, -0.2) is 16.2 Å². The molecule has 6 nitrogen and oxygen atoms in total. The minimum absolute atomic E-state index is 0.281. The van der Waals surface area contributed by atoms with Crippen LogP contribution in [-0.2, 0) is 6.54 Å². The number of aromatic nitrogens is 2. The van der Waals surface area contributed by atoms with Crippen molar-refractivity contribution in [3.63, 3.8) is 0 Å². The van der Waals surface area contributed by atoms with Crippen LogP contribution in [0.1, 0.15) is 5.56 Å². The van der Waals surface area contributed by atoms with Crippen LogP contribution in [0.3, 0.4) is 0 Å². The van der Waals surface area contributed by atoms with E-state index in [1.807, 2.05) is 30.3 Å². The van der Waals surface area contributed by atoms with Gasteiger partial charge in [0.1, 0.15) is 5.82 Å². The van der Waals surface area contributed by atoms with Gasteiger partial charge in [-0.2, -0.15) is 5.10 Å². The first-order valence-corrected chi connectivity index (χ1v) is 5.13. The largest absolute Gasteiger partial charge is 0.384 e. The van der Waals surface area contributed by atoms with Crippen molar-refractivity contribution in [3.8, 4) is 0 Å². The molecular weight excluding hydrogens is 218 g/mol. The van der Waals surface area contributed by atoms with Crippen LogP contribution >= 0.6 is 0 Å². The van der Waals surface area contributed by atoms with Crippen molar-refractivity contribution in [2.45, 2.75) is 6.54 Å². The molecule has 5 N–H and O–H groups in total. The standard InChI is InChI=1S/C11H13N5O/c12-10-8(7-14-16-10)6-13-11(17)15-9-4-2-1-3-5-9/h1-5,7H,6H2,(H3,12,14,16)(H2,13,15,17). The molecule has 1 heterocycles. The van der Waals surface area contributed by atoms with E-state index in [1.165, 1.54) is 0 Å². The molecule has 2 aromatic rings. The summed E-state index contributed by atoms with van der Waals surface area (Å²) in [5.41, 5.74) is 7.09. The van der Waals surface area contributed by atoms with E-state index in [-0.39, 0.29) is 6.03 Å². The Hall–Kier alpha value is -2.50. The molecule has 0 saturated heterocycles. The Morgan fingerprint density at radius 2 is 2.12 bits per heavy atom. The van der Waals surface area contributed by atoms with Gasteiger partial charge in [-0.15, -0.1) is 0 Å². The Bertz CT molecular complexity index is 494. The second-order valence-electron chi connectivity index (χ2n) is 3.48. The van der Waals surface area contributed by atoms with Gasteiger partial charge < -0.3 is 16.4 Å². The van der Waals surface area contributed by atoms with Crippen LogP contribution in [0.4, 0.5) is 16.3 Å². The number of H-pyrrole nitrogens is 1. The van der Waals surface area contributed by atoms with E-state index in [9.17, 15) is 4.79 Å². The summed E-state index contributed by atoms with van der Waals surface area (Å²) in [4.78, 5) is 11.5. The number of carbonyl (C=O) groups excluding carboxylic acids is 1. The van der Waals surface area contributed by atoms with Gasteiger partial charge in [0.2, 0.25) is 0 Å². The molecule has 0 atom stereocenters. The number of nitrogens with one attached hydrogen (secondary N) is 3. The number of aromatic amines is 1. The van der Waals surface area contributed by atoms with Gasteiger partial charge in [0.05, 0.1) is 6.20 Å². The summed E-state index contributed by atoms with van der Waals surface area (Å²) in [5.74, 6) is 0.463. The highest BCUT2D eigenvalue weighted by atomic mass is 16.2. The number of urea groups is 1. The van der Waals surface area contributed by atoms with Crippen molar-refractivity contribution >= 4 is 17.5 Å². The quantitative estimate of drug-likeness (QED) is 0.641. The van der Waals surface area contributed by atoms with E-state index in [1.54, 1.807) is 6.20 Å². The third-order valence-corrected chi connectivity index (χ3v) is 2.22. The number of amides is 2. The molecule has 17 heavy (non-hydrogen) atoms.